The van der Waals surface area contributed by atoms with Gasteiger partial charge in [-0.3, -0.25) is 9.59 Å². The minimum absolute atomic E-state index is 0.0662. The van der Waals surface area contributed by atoms with Crippen molar-refractivity contribution in [3.8, 4) is 0 Å². The lowest BCUT2D eigenvalue weighted by Crippen LogP contribution is -2.34. The number of hydrogen-bond acceptors (Lipinski definition) is 2. The fourth-order valence-electron chi connectivity index (χ4n) is 2.02. The molecule has 1 saturated heterocycles. The summed E-state index contributed by atoms with van der Waals surface area (Å²) < 4.78 is 37.6. The van der Waals surface area contributed by atoms with Crippen LogP contribution in [0.4, 0.5) is 18.9 Å². The van der Waals surface area contributed by atoms with Crippen molar-refractivity contribution in [1.82, 2.24) is 4.90 Å². The molecule has 0 aliphatic carbocycles. The zero-order valence-electron chi connectivity index (χ0n) is 10.5. The number of nitrogens with zero attached hydrogens (tertiary/aromatic N) is 1. The van der Waals surface area contributed by atoms with Crippen molar-refractivity contribution in [2.45, 2.75) is 19.0 Å². The number of benzene rings is 1. The molecule has 0 bridgehead atoms. The van der Waals surface area contributed by atoms with Crippen LogP contribution in [-0.4, -0.2) is 29.8 Å². The molecule has 1 aromatic rings. The van der Waals surface area contributed by atoms with Crippen molar-refractivity contribution < 1.29 is 22.8 Å². The van der Waals surface area contributed by atoms with Crippen LogP contribution in [0.15, 0.2) is 24.3 Å². The second kappa shape index (κ2) is 5.52. The van der Waals surface area contributed by atoms with Gasteiger partial charge in [0, 0.05) is 18.7 Å². The Bertz CT molecular complexity index is 529. The Balaban J connectivity index is 1.99. The molecule has 0 aromatic heterocycles. The Morgan fingerprint density at radius 3 is 2.70 bits per heavy atom. The van der Waals surface area contributed by atoms with Gasteiger partial charge in [0.2, 0.25) is 11.8 Å². The molecule has 1 aromatic carbocycles. The number of halogens is 3. The van der Waals surface area contributed by atoms with Gasteiger partial charge in [0.15, 0.2) is 0 Å². The van der Waals surface area contributed by atoms with E-state index in [-0.39, 0.29) is 18.1 Å². The van der Waals surface area contributed by atoms with Gasteiger partial charge in [-0.2, -0.15) is 13.2 Å². The molecule has 1 fully saturated rings. The second-order valence-corrected chi connectivity index (χ2v) is 4.55. The van der Waals surface area contributed by atoms with Gasteiger partial charge in [-0.15, -0.1) is 0 Å². The van der Waals surface area contributed by atoms with Gasteiger partial charge in [-0.1, -0.05) is 6.07 Å². The first-order chi connectivity index (χ1) is 9.36. The molecule has 1 heterocycles. The van der Waals surface area contributed by atoms with Crippen LogP contribution in [-0.2, 0) is 15.8 Å². The number of carbonyl (C=O) groups excluding carboxylic acids is 2. The van der Waals surface area contributed by atoms with Crippen molar-refractivity contribution in [2.75, 3.05) is 18.4 Å². The number of hydrogen-bond donors (Lipinski definition) is 1. The summed E-state index contributed by atoms with van der Waals surface area (Å²) in [6.07, 6.45) is -3.34. The molecule has 2 amide bonds. The minimum atomic E-state index is -4.45. The van der Waals surface area contributed by atoms with E-state index < -0.39 is 17.6 Å². The third-order valence-electron chi connectivity index (χ3n) is 2.98. The Kier molecular flexibility index (Phi) is 3.96. The van der Waals surface area contributed by atoms with Crippen molar-refractivity contribution in [3.05, 3.63) is 29.8 Å². The smallest absolute Gasteiger partial charge is 0.333 e. The summed E-state index contributed by atoms with van der Waals surface area (Å²) in [6.45, 7) is 0.379. The van der Waals surface area contributed by atoms with Gasteiger partial charge in [0.25, 0.3) is 0 Å². The number of amides is 2. The van der Waals surface area contributed by atoms with Crippen LogP contribution < -0.4 is 5.32 Å². The van der Waals surface area contributed by atoms with Crippen molar-refractivity contribution in [3.63, 3.8) is 0 Å². The molecule has 7 heteroatoms. The van der Waals surface area contributed by atoms with Crippen molar-refractivity contribution in [2.24, 2.45) is 0 Å². The molecule has 108 valence electrons. The van der Waals surface area contributed by atoms with E-state index in [2.05, 4.69) is 5.32 Å². The summed E-state index contributed by atoms with van der Waals surface area (Å²) in [4.78, 5) is 24.4. The molecule has 20 heavy (non-hydrogen) atoms. The van der Waals surface area contributed by atoms with Crippen LogP contribution in [0.5, 0.6) is 0 Å². The molecule has 2 rings (SSSR count). The van der Waals surface area contributed by atoms with Gasteiger partial charge in [0.1, 0.15) is 0 Å². The molecular weight excluding hydrogens is 273 g/mol. The fourth-order valence-corrected chi connectivity index (χ4v) is 2.02. The summed E-state index contributed by atoms with van der Waals surface area (Å²) in [7, 11) is 0. The standard InChI is InChI=1S/C13H13F3N2O2/c14-13(15,16)9-3-1-4-10(7-9)17-11(19)8-18-6-2-5-12(18)20/h1,3-4,7H,2,5-6,8H2,(H,17,19). The minimum Gasteiger partial charge on any atom is -0.333 e. The molecule has 0 atom stereocenters. The van der Waals surface area contributed by atoms with E-state index in [1.807, 2.05) is 0 Å². The Morgan fingerprint density at radius 2 is 2.10 bits per heavy atom. The van der Waals surface area contributed by atoms with E-state index in [0.29, 0.717) is 19.4 Å². The van der Waals surface area contributed by atoms with Crippen LogP contribution in [0, 0.1) is 0 Å². The van der Waals surface area contributed by atoms with E-state index >= 15 is 0 Å². The summed E-state index contributed by atoms with van der Waals surface area (Å²) in [6, 6.07) is 4.39. The highest BCUT2D eigenvalue weighted by atomic mass is 19.4. The van der Waals surface area contributed by atoms with Crippen molar-refractivity contribution >= 4 is 17.5 Å². The summed E-state index contributed by atoms with van der Waals surface area (Å²) in [5.74, 6) is -0.608. The van der Waals surface area contributed by atoms with E-state index in [9.17, 15) is 22.8 Å². The predicted octanol–water partition coefficient (Wildman–Crippen LogP) is 2.27. The van der Waals surface area contributed by atoms with Crippen LogP contribution >= 0.6 is 0 Å². The first-order valence-electron chi connectivity index (χ1n) is 6.11. The van der Waals surface area contributed by atoms with Crippen LogP contribution in [0.2, 0.25) is 0 Å². The highest BCUT2D eigenvalue weighted by Crippen LogP contribution is 2.30. The molecule has 1 aliphatic heterocycles. The SMILES string of the molecule is O=C(CN1CCCC1=O)Nc1cccc(C(F)(F)F)c1. The van der Waals surface area contributed by atoms with Gasteiger partial charge in [-0.05, 0) is 24.6 Å². The van der Waals surface area contributed by atoms with Crippen molar-refractivity contribution in [1.29, 1.82) is 0 Å². The quantitative estimate of drug-likeness (QED) is 0.926. The first kappa shape index (κ1) is 14.4. The molecular formula is C13H13F3N2O2. The van der Waals surface area contributed by atoms with E-state index in [4.69, 9.17) is 0 Å². The van der Waals surface area contributed by atoms with E-state index in [0.717, 1.165) is 12.1 Å². The van der Waals surface area contributed by atoms with Gasteiger partial charge in [0.05, 0.1) is 12.1 Å². The second-order valence-electron chi connectivity index (χ2n) is 4.55. The fraction of sp³-hybridized carbons (Fsp3) is 0.385. The van der Waals surface area contributed by atoms with Crippen LogP contribution in [0.1, 0.15) is 18.4 Å². The Hall–Kier alpha value is -2.05. The number of rotatable bonds is 3. The molecule has 1 N–H and O–H groups in total. The van der Waals surface area contributed by atoms with Crippen LogP contribution in [0.3, 0.4) is 0 Å². The number of alkyl halides is 3. The number of likely N-dealkylation sites (tertiary alicyclic amines) is 1. The third-order valence-corrected chi connectivity index (χ3v) is 2.98. The number of anilines is 1. The molecule has 0 spiro atoms. The van der Waals surface area contributed by atoms with E-state index in [1.165, 1.54) is 17.0 Å². The average molecular weight is 286 g/mol. The highest BCUT2D eigenvalue weighted by molar-refractivity contribution is 5.94. The average Bonchev–Trinajstić information content (AvgIpc) is 2.74. The van der Waals surface area contributed by atoms with Gasteiger partial charge >= 0.3 is 6.18 Å². The maximum atomic E-state index is 12.5. The van der Waals surface area contributed by atoms with E-state index in [1.54, 1.807) is 0 Å². The predicted molar refractivity (Wildman–Crippen MR) is 65.9 cm³/mol. The zero-order valence-corrected chi connectivity index (χ0v) is 10.5. The molecule has 4 nitrogen and oxygen atoms in total. The third kappa shape index (κ3) is 3.49. The number of nitrogens with one attached hydrogen (secondary N) is 1. The lowest BCUT2D eigenvalue weighted by molar-refractivity contribution is -0.137. The summed E-state index contributed by atoms with van der Waals surface area (Å²) in [5, 5.41) is 2.37. The molecule has 0 radical (unpaired) electrons. The van der Waals surface area contributed by atoms with Crippen LogP contribution in [0.25, 0.3) is 0 Å². The normalized spacial score (nSPS) is 15.6. The number of carbonyl (C=O) groups is 2. The summed E-state index contributed by atoms with van der Waals surface area (Å²) >= 11 is 0. The molecule has 0 saturated carbocycles. The Morgan fingerprint density at radius 1 is 1.35 bits per heavy atom. The topological polar surface area (TPSA) is 49.4 Å². The maximum absolute atomic E-state index is 12.5. The Labute approximate surface area is 113 Å². The summed E-state index contributed by atoms with van der Waals surface area (Å²) in [5.41, 5.74) is -0.760. The molecule has 0 unspecified atom stereocenters. The van der Waals surface area contributed by atoms with Gasteiger partial charge < -0.3 is 10.2 Å². The maximum Gasteiger partial charge on any atom is 0.416 e. The molecule has 1 aliphatic rings. The van der Waals surface area contributed by atoms with Gasteiger partial charge in [-0.25, -0.2) is 0 Å². The lowest BCUT2D eigenvalue weighted by Gasteiger charge is -2.15. The zero-order chi connectivity index (χ0) is 14.8. The highest BCUT2D eigenvalue weighted by Gasteiger charge is 2.30. The largest absolute Gasteiger partial charge is 0.416 e. The first-order valence-corrected chi connectivity index (χ1v) is 6.11. The monoisotopic (exact) mass is 286 g/mol. The lowest BCUT2D eigenvalue weighted by atomic mass is 10.2.